The molecule has 5 heteroatoms. The zero-order chi connectivity index (χ0) is 14.6. The van der Waals surface area contributed by atoms with Gasteiger partial charge < -0.3 is 18.9 Å². The van der Waals surface area contributed by atoms with Gasteiger partial charge in [-0.1, -0.05) is 0 Å². The summed E-state index contributed by atoms with van der Waals surface area (Å²) in [5, 5.41) is 0. The van der Waals surface area contributed by atoms with Gasteiger partial charge >= 0.3 is 0 Å². The lowest BCUT2D eigenvalue weighted by atomic mass is 10.1. The second-order valence-electron chi connectivity index (χ2n) is 5.26. The van der Waals surface area contributed by atoms with Crippen molar-refractivity contribution in [3.05, 3.63) is 23.8 Å². The molecule has 0 unspecified atom stereocenters. The fraction of sp³-hybridized carbons (Fsp3) is 0.533. The zero-order valence-electron chi connectivity index (χ0n) is 12.1. The third-order valence-electron chi connectivity index (χ3n) is 3.33. The molecule has 1 aromatic carbocycles. The first-order valence-corrected chi connectivity index (χ1v) is 6.57. The lowest BCUT2D eigenvalue weighted by Gasteiger charge is -2.22. The summed E-state index contributed by atoms with van der Waals surface area (Å²) in [7, 11) is 1.66. The minimum Gasteiger partial charge on any atom is -0.454 e. The Morgan fingerprint density at radius 2 is 2.05 bits per heavy atom. The van der Waals surface area contributed by atoms with Crippen molar-refractivity contribution in [2.75, 3.05) is 27.1 Å². The van der Waals surface area contributed by atoms with Gasteiger partial charge in [-0.05, 0) is 38.5 Å². The lowest BCUT2D eigenvalue weighted by Crippen LogP contribution is -2.25. The highest BCUT2D eigenvalue weighted by Gasteiger charge is 2.18. The highest BCUT2D eigenvalue weighted by molar-refractivity contribution is 5.97. The fourth-order valence-electron chi connectivity index (χ4n) is 1.74. The van der Waals surface area contributed by atoms with E-state index in [1.807, 2.05) is 13.8 Å². The van der Waals surface area contributed by atoms with E-state index in [0.717, 1.165) is 6.42 Å². The van der Waals surface area contributed by atoms with Crippen molar-refractivity contribution >= 4 is 5.78 Å². The molecular weight excluding hydrogens is 260 g/mol. The Hall–Kier alpha value is -1.59. The molecule has 0 radical (unpaired) electrons. The van der Waals surface area contributed by atoms with Gasteiger partial charge in [0.1, 0.15) is 6.61 Å². The van der Waals surface area contributed by atoms with Gasteiger partial charge in [0.05, 0.1) is 5.60 Å². The number of ether oxygens (including phenoxy) is 4. The van der Waals surface area contributed by atoms with E-state index in [-0.39, 0.29) is 24.8 Å². The topological polar surface area (TPSA) is 54.0 Å². The van der Waals surface area contributed by atoms with Gasteiger partial charge in [0.15, 0.2) is 17.3 Å². The predicted octanol–water partition coefficient (Wildman–Crippen LogP) is 2.43. The monoisotopic (exact) mass is 280 g/mol. The summed E-state index contributed by atoms with van der Waals surface area (Å²) >= 11 is 0. The number of rotatable bonds is 7. The number of Topliss-reactive ketones (excluding diaryl/α,β-unsaturated/α-hetero) is 1. The Morgan fingerprint density at radius 1 is 1.30 bits per heavy atom. The summed E-state index contributed by atoms with van der Waals surface area (Å²) in [6.45, 7) is 4.71. The van der Waals surface area contributed by atoms with Crippen LogP contribution in [0.15, 0.2) is 18.2 Å². The quantitative estimate of drug-likeness (QED) is 0.567. The van der Waals surface area contributed by atoms with Crippen LogP contribution >= 0.6 is 0 Å². The van der Waals surface area contributed by atoms with E-state index in [2.05, 4.69) is 0 Å². The SMILES string of the molecule is COC(C)(C)CCOCC(=O)c1ccc2c(c1)OCO2. The summed E-state index contributed by atoms with van der Waals surface area (Å²) in [6, 6.07) is 5.15. The highest BCUT2D eigenvalue weighted by Crippen LogP contribution is 2.32. The number of fused-ring (bicyclic) bond motifs is 1. The van der Waals surface area contributed by atoms with Gasteiger partial charge in [-0.3, -0.25) is 4.79 Å². The fourth-order valence-corrected chi connectivity index (χ4v) is 1.74. The summed E-state index contributed by atoms with van der Waals surface area (Å²) < 4.78 is 21.1. The number of carbonyl (C=O) groups is 1. The molecule has 0 spiro atoms. The molecule has 5 nitrogen and oxygen atoms in total. The molecule has 0 saturated heterocycles. The van der Waals surface area contributed by atoms with Crippen LogP contribution in [-0.4, -0.2) is 38.5 Å². The Kier molecular flexibility index (Phi) is 4.62. The predicted molar refractivity (Wildman–Crippen MR) is 73.4 cm³/mol. The summed E-state index contributed by atoms with van der Waals surface area (Å²) in [5.74, 6) is 1.21. The molecule has 1 aliphatic heterocycles. The molecule has 0 amide bonds. The van der Waals surface area contributed by atoms with Gasteiger partial charge in [0.25, 0.3) is 0 Å². The van der Waals surface area contributed by atoms with Crippen LogP contribution in [-0.2, 0) is 9.47 Å². The molecule has 0 aliphatic carbocycles. The number of benzene rings is 1. The van der Waals surface area contributed by atoms with Crippen LogP contribution in [0.25, 0.3) is 0 Å². The lowest BCUT2D eigenvalue weighted by molar-refractivity contribution is -0.00837. The summed E-state index contributed by atoms with van der Waals surface area (Å²) in [4.78, 5) is 12.0. The average Bonchev–Trinajstić information content (AvgIpc) is 2.90. The molecule has 1 aromatic rings. The van der Waals surface area contributed by atoms with Gasteiger partial charge in [-0.25, -0.2) is 0 Å². The van der Waals surface area contributed by atoms with E-state index in [1.54, 1.807) is 25.3 Å². The maximum atomic E-state index is 12.0. The van der Waals surface area contributed by atoms with Gasteiger partial charge in [0, 0.05) is 19.3 Å². The molecule has 1 heterocycles. The Balaban J connectivity index is 1.81. The molecule has 20 heavy (non-hydrogen) atoms. The molecular formula is C15H20O5. The van der Waals surface area contributed by atoms with Crippen molar-refractivity contribution in [2.24, 2.45) is 0 Å². The largest absolute Gasteiger partial charge is 0.454 e. The van der Waals surface area contributed by atoms with Crippen molar-refractivity contribution in [3.8, 4) is 11.5 Å². The van der Waals surface area contributed by atoms with Gasteiger partial charge in [-0.15, -0.1) is 0 Å². The minimum absolute atomic E-state index is 0.0550. The maximum absolute atomic E-state index is 12.0. The van der Waals surface area contributed by atoms with E-state index in [1.165, 1.54) is 0 Å². The summed E-state index contributed by atoms with van der Waals surface area (Å²) in [6.07, 6.45) is 0.734. The number of methoxy groups -OCH3 is 1. The van der Waals surface area contributed by atoms with Crippen molar-refractivity contribution < 1.29 is 23.7 Å². The van der Waals surface area contributed by atoms with Crippen LogP contribution in [0, 0.1) is 0 Å². The van der Waals surface area contributed by atoms with Crippen LogP contribution < -0.4 is 9.47 Å². The number of ketones is 1. The van der Waals surface area contributed by atoms with E-state index in [9.17, 15) is 4.79 Å². The Morgan fingerprint density at radius 3 is 2.80 bits per heavy atom. The van der Waals surface area contributed by atoms with Crippen LogP contribution in [0.4, 0.5) is 0 Å². The third-order valence-corrected chi connectivity index (χ3v) is 3.33. The molecule has 0 atom stereocenters. The molecule has 0 fully saturated rings. The second kappa shape index (κ2) is 6.24. The van der Waals surface area contributed by atoms with Crippen molar-refractivity contribution in [2.45, 2.75) is 25.9 Å². The molecule has 110 valence electrons. The number of carbonyl (C=O) groups excluding carboxylic acids is 1. The molecule has 0 bridgehead atoms. The maximum Gasteiger partial charge on any atom is 0.231 e. The van der Waals surface area contributed by atoms with E-state index in [0.29, 0.717) is 23.7 Å². The molecule has 1 aliphatic rings. The molecule has 0 saturated carbocycles. The average molecular weight is 280 g/mol. The first-order chi connectivity index (χ1) is 9.52. The summed E-state index contributed by atoms with van der Waals surface area (Å²) in [5.41, 5.74) is 0.335. The van der Waals surface area contributed by atoms with Crippen molar-refractivity contribution in [1.29, 1.82) is 0 Å². The molecule has 2 rings (SSSR count). The van der Waals surface area contributed by atoms with Gasteiger partial charge in [-0.2, -0.15) is 0 Å². The Bertz CT molecular complexity index is 481. The Labute approximate surface area is 118 Å². The standard InChI is InChI=1S/C15H20O5/c1-15(2,17-3)6-7-18-9-12(16)11-4-5-13-14(8-11)20-10-19-13/h4-5,8H,6-7,9-10H2,1-3H3. The first-order valence-electron chi connectivity index (χ1n) is 6.57. The zero-order valence-corrected chi connectivity index (χ0v) is 12.1. The number of hydrogen-bond acceptors (Lipinski definition) is 5. The van der Waals surface area contributed by atoms with Crippen LogP contribution in [0.3, 0.4) is 0 Å². The highest BCUT2D eigenvalue weighted by atomic mass is 16.7. The minimum atomic E-state index is -0.234. The number of hydrogen-bond donors (Lipinski definition) is 0. The van der Waals surface area contributed by atoms with Crippen LogP contribution in [0.2, 0.25) is 0 Å². The molecule has 0 aromatic heterocycles. The second-order valence-corrected chi connectivity index (χ2v) is 5.26. The van der Waals surface area contributed by atoms with E-state index < -0.39 is 0 Å². The first kappa shape index (κ1) is 14.8. The van der Waals surface area contributed by atoms with Crippen LogP contribution in [0.5, 0.6) is 11.5 Å². The van der Waals surface area contributed by atoms with Gasteiger partial charge in [0.2, 0.25) is 6.79 Å². The third kappa shape index (κ3) is 3.71. The molecule has 0 N–H and O–H groups in total. The smallest absolute Gasteiger partial charge is 0.231 e. The van der Waals surface area contributed by atoms with Crippen LogP contribution in [0.1, 0.15) is 30.6 Å². The van der Waals surface area contributed by atoms with Crippen molar-refractivity contribution in [3.63, 3.8) is 0 Å². The van der Waals surface area contributed by atoms with E-state index >= 15 is 0 Å². The van der Waals surface area contributed by atoms with E-state index in [4.69, 9.17) is 18.9 Å². The normalized spacial score (nSPS) is 13.6. The van der Waals surface area contributed by atoms with Crippen molar-refractivity contribution in [1.82, 2.24) is 0 Å².